The summed E-state index contributed by atoms with van der Waals surface area (Å²) in [4.78, 5) is 0. The van der Waals surface area contributed by atoms with Crippen LogP contribution in [0.4, 0.5) is 8.78 Å². The number of aromatic nitrogens is 2. The second kappa shape index (κ2) is 5.48. The zero-order chi connectivity index (χ0) is 14.0. The molecule has 0 atom stereocenters. The highest BCUT2D eigenvalue weighted by Crippen LogP contribution is 2.17. The molecule has 19 heavy (non-hydrogen) atoms. The Balaban J connectivity index is 2.31. The van der Waals surface area contributed by atoms with Crippen molar-refractivity contribution < 1.29 is 8.78 Å². The summed E-state index contributed by atoms with van der Waals surface area (Å²) in [5.41, 5.74) is 8.97. The summed E-state index contributed by atoms with van der Waals surface area (Å²) < 4.78 is 28.2. The highest BCUT2D eigenvalue weighted by molar-refractivity contribution is 5.26. The van der Waals surface area contributed by atoms with Crippen LogP contribution in [0.1, 0.15) is 22.5 Å². The molecule has 0 saturated heterocycles. The molecule has 1 aromatic carbocycles. The van der Waals surface area contributed by atoms with Gasteiger partial charge in [-0.05, 0) is 38.4 Å². The van der Waals surface area contributed by atoms with E-state index >= 15 is 0 Å². The Labute approximate surface area is 111 Å². The molecule has 0 unspecified atom stereocenters. The SMILES string of the molecule is Cc1nn(Cc2ccc(F)cc2F)c(C)c1CCN. The zero-order valence-corrected chi connectivity index (χ0v) is 11.1. The fourth-order valence-corrected chi connectivity index (χ4v) is 2.21. The highest BCUT2D eigenvalue weighted by Gasteiger charge is 2.12. The van der Waals surface area contributed by atoms with Crippen LogP contribution in [0.5, 0.6) is 0 Å². The van der Waals surface area contributed by atoms with Gasteiger partial charge >= 0.3 is 0 Å². The summed E-state index contributed by atoms with van der Waals surface area (Å²) in [6.07, 6.45) is 0.754. The Hall–Kier alpha value is -1.75. The molecule has 0 amide bonds. The maximum absolute atomic E-state index is 13.6. The second-order valence-corrected chi connectivity index (χ2v) is 4.58. The van der Waals surface area contributed by atoms with Crippen LogP contribution in [0.3, 0.4) is 0 Å². The molecule has 5 heteroatoms. The van der Waals surface area contributed by atoms with E-state index < -0.39 is 11.6 Å². The molecular weight excluding hydrogens is 248 g/mol. The average molecular weight is 265 g/mol. The number of aryl methyl sites for hydroxylation is 1. The van der Waals surface area contributed by atoms with E-state index in [4.69, 9.17) is 5.73 Å². The van der Waals surface area contributed by atoms with E-state index in [2.05, 4.69) is 5.10 Å². The zero-order valence-electron chi connectivity index (χ0n) is 11.1. The summed E-state index contributed by atoms with van der Waals surface area (Å²) in [6.45, 7) is 4.70. The Bertz CT molecular complexity index is 591. The maximum Gasteiger partial charge on any atom is 0.131 e. The number of rotatable bonds is 4. The number of nitrogens with zero attached hydrogens (tertiary/aromatic N) is 2. The molecule has 0 bridgehead atoms. The van der Waals surface area contributed by atoms with Gasteiger partial charge in [-0.1, -0.05) is 6.07 Å². The first-order valence-electron chi connectivity index (χ1n) is 6.19. The van der Waals surface area contributed by atoms with Gasteiger partial charge in [-0.25, -0.2) is 8.78 Å². The molecule has 1 aromatic heterocycles. The smallest absolute Gasteiger partial charge is 0.131 e. The van der Waals surface area contributed by atoms with Crippen molar-refractivity contribution in [1.29, 1.82) is 0 Å². The lowest BCUT2D eigenvalue weighted by molar-refractivity contribution is 0.555. The van der Waals surface area contributed by atoms with Crippen LogP contribution in [0.2, 0.25) is 0 Å². The van der Waals surface area contributed by atoms with Gasteiger partial charge in [-0.2, -0.15) is 5.10 Å². The van der Waals surface area contributed by atoms with Crippen molar-refractivity contribution in [2.24, 2.45) is 5.73 Å². The summed E-state index contributed by atoms with van der Waals surface area (Å²) >= 11 is 0. The van der Waals surface area contributed by atoms with Gasteiger partial charge in [0, 0.05) is 17.3 Å². The molecule has 1 heterocycles. The summed E-state index contributed by atoms with van der Waals surface area (Å²) in [6, 6.07) is 3.59. The van der Waals surface area contributed by atoms with E-state index in [1.54, 1.807) is 4.68 Å². The normalized spacial score (nSPS) is 11.0. The minimum absolute atomic E-state index is 0.295. The van der Waals surface area contributed by atoms with Gasteiger partial charge in [0.2, 0.25) is 0 Å². The van der Waals surface area contributed by atoms with Crippen LogP contribution in [0.25, 0.3) is 0 Å². The molecule has 0 radical (unpaired) electrons. The van der Waals surface area contributed by atoms with E-state index in [1.807, 2.05) is 13.8 Å². The topological polar surface area (TPSA) is 43.8 Å². The van der Waals surface area contributed by atoms with Crippen LogP contribution in [0.15, 0.2) is 18.2 Å². The number of hydrogen-bond donors (Lipinski definition) is 1. The second-order valence-electron chi connectivity index (χ2n) is 4.58. The maximum atomic E-state index is 13.6. The first-order chi connectivity index (χ1) is 9.02. The van der Waals surface area contributed by atoms with Crippen molar-refractivity contribution in [2.75, 3.05) is 6.54 Å². The van der Waals surface area contributed by atoms with Gasteiger partial charge < -0.3 is 5.73 Å². The first-order valence-corrected chi connectivity index (χ1v) is 6.19. The van der Waals surface area contributed by atoms with Gasteiger partial charge in [0.15, 0.2) is 0 Å². The minimum Gasteiger partial charge on any atom is -0.330 e. The quantitative estimate of drug-likeness (QED) is 0.922. The van der Waals surface area contributed by atoms with E-state index in [0.717, 1.165) is 29.4 Å². The third-order valence-corrected chi connectivity index (χ3v) is 3.26. The van der Waals surface area contributed by atoms with Crippen molar-refractivity contribution in [3.8, 4) is 0 Å². The third-order valence-electron chi connectivity index (χ3n) is 3.26. The van der Waals surface area contributed by atoms with Crippen LogP contribution >= 0.6 is 0 Å². The van der Waals surface area contributed by atoms with E-state index in [-0.39, 0.29) is 0 Å². The highest BCUT2D eigenvalue weighted by atomic mass is 19.1. The van der Waals surface area contributed by atoms with Crippen LogP contribution in [0, 0.1) is 25.5 Å². The van der Waals surface area contributed by atoms with Crippen LogP contribution in [-0.2, 0) is 13.0 Å². The number of benzene rings is 1. The largest absolute Gasteiger partial charge is 0.330 e. The van der Waals surface area contributed by atoms with Crippen LogP contribution in [-0.4, -0.2) is 16.3 Å². The molecule has 2 rings (SSSR count). The van der Waals surface area contributed by atoms with Gasteiger partial charge in [0.05, 0.1) is 12.2 Å². The van der Waals surface area contributed by atoms with Gasteiger partial charge in [-0.3, -0.25) is 4.68 Å². The van der Waals surface area contributed by atoms with E-state index in [1.165, 1.54) is 12.1 Å². The van der Waals surface area contributed by atoms with Crippen molar-refractivity contribution in [3.63, 3.8) is 0 Å². The van der Waals surface area contributed by atoms with Crippen molar-refractivity contribution in [2.45, 2.75) is 26.8 Å². The van der Waals surface area contributed by atoms with E-state index in [0.29, 0.717) is 18.7 Å². The molecule has 0 saturated carbocycles. The molecular formula is C14H17F2N3. The predicted octanol–water partition coefficient (Wildman–Crippen LogP) is 2.33. The average Bonchev–Trinajstić information content (AvgIpc) is 2.61. The molecule has 0 aliphatic heterocycles. The lowest BCUT2D eigenvalue weighted by Crippen LogP contribution is -2.07. The third kappa shape index (κ3) is 2.81. The van der Waals surface area contributed by atoms with Gasteiger partial charge in [-0.15, -0.1) is 0 Å². The van der Waals surface area contributed by atoms with Crippen molar-refractivity contribution >= 4 is 0 Å². The number of nitrogens with two attached hydrogens (primary N) is 1. The predicted molar refractivity (Wildman–Crippen MR) is 69.9 cm³/mol. The molecule has 0 fully saturated rings. The Morgan fingerprint density at radius 3 is 2.63 bits per heavy atom. The molecule has 2 N–H and O–H groups in total. The summed E-state index contributed by atoms with van der Waals surface area (Å²) in [5.74, 6) is -1.12. The van der Waals surface area contributed by atoms with E-state index in [9.17, 15) is 8.78 Å². The molecule has 0 aliphatic carbocycles. The summed E-state index contributed by atoms with van der Waals surface area (Å²) in [5, 5.41) is 4.39. The van der Waals surface area contributed by atoms with Gasteiger partial charge in [0.1, 0.15) is 11.6 Å². The Morgan fingerprint density at radius 2 is 2.00 bits per heavy atom. The fourth-order valence-electron chi connectivity index (χ4n) is 2.21. The van der Waals surface area contributed by atoms with Crippen molar-refractivity contribution in [3.05, 3.63) is 52.3 Å². The van der Waals surface area contributed by atoms with Gasteiger partial charge in [0.25, 0.3) is 0 Å². The molecule has 2 aromatic rings. The standard InChI is InChI=1S/C14H17F2N3/c1-9-13(5-6-17)10(2)19(18-9)8-11-3-4-12(15)7-14(11)16/h3-4,7H,5-6,8,17H2,1-2H3. The Morgan fingerprint density at radius 1 is 1.26 bits per heavy atom. The number of hydrogen-bond acceptors (Lipinski definition) is 2. The minimum atomic E-state index is -0.571. The lowest BCUT2D eigenvalue weighted by Gasteiger charge is -2.07. The molecule has 0 spiro atoms. The number of halogens is 2. The van der Waals surface area contributed by atoms with Crippen molar-refractivity contribution in [1.82, 2.24) is 9.78 Å². The fraction of sp³-hybridized carbons (Fsp3) is 0.357. The first kappa shape index (κ1) is 13.7. The summed E-state index contributed by atoms with van der Waals surface area (Å²) in [7, 11) is 0. The Kier molecular flexibility index (Phi) is 3.95. The molecule has 102 valence electrons. The monoisotopic (exact) mass is 265 g/mol. The lowest BCUT2D eigenvalue weighted by atomic mass is 10.1. The molecule has 0 aliphatic rings. The molecule has 3 nitrogen and oxygen atoms in total. The van der Waals surface area contributed by atoms with Crippen LogP contribution < -0.4 is 5.73 Å².